The monoisotopic (exact) mass is 409 g/mol. The molecule has 0 bridgehead atoms. The Balaban J connectivity index is 5.15. The molecule has 0 radical (unpaired) electrons. The lowest BCUT2D eigenvalue weighted by atomic mass is 10.1. The van der Waals surface area contributed by atoms with Crippen LogP contribution in [0.15, 0.2) is 0 Å². The predicted molar refractivity (Wildman–Crippen MR) is 98.6 cm³/mol. The maximum atomic E-state index is 12.2. The largest absolute Gasteiger partial charge is 0.480 e. The van der Waals surface area contributed by atoms with Crippen molar-refractivity contribution in [3.05, 3.63) is 0 Å². The standard InChI is InChI=1S/C13H23N5O6S2/c1-5(14)10(20)17-7(3-25)12(22)16-6(2-9(15)19)11(21)18-8(4-26)13(23)24/h5-8,25-26H,2-4,14H2,1H3,(H2,15,19)(H,16,22)(H,17,20)(H,18,21)(H,23,24). The first-order valence-corrected chi connectivity index (χ1v) is 8.69. The van der Waals surface area contributed by atoms with Crippen LogP contribution in [0.4, 0.5) is 0 Å². The molecule has 0 saturated heterocycles. The van der Waals surface area contributed by atoms with E-state index in [9.17, 15) is 24.0 Å². The van der Waals surface area contributed by atoms with E-state index in [0.29, 0.717) is 0 Å². The normalized spacial score (nSPS) is 15.1. The van der Waals surface area contributed by atoms with E-state index in [1.54, 1.807) is 0 Å². The summed E-state index contributed by atoms with van der Waals surface area (Å²) in [5.74, 6) is -4.91. The van der Waals surface area contributed by atoms with E-state index in [2.05, 4.69) is 41.2 Å². The summed E-state index contributed by atoms with van der Waals surface area (Å²) in [5, 5.41) is 15.6. The van der Waals surface area contributed by atoms with Crippen LogP contribution in [0.5, 0.6) is 0 Å². The third kappa shape index (κ3) is 8.40. The Morgan fingerprint density at radius 1 is 0.885 bits per heavy atom. The van der Waals surface area contributed by atoms with Crippen LogP contribution in [0.1, 0.15) is 13.3 Å². The van der Waals surface area contributed by atoms with Gasteiger partial charge in [-0.15, -0.1) is 0 Å². The van der Waals surface area contributed by atoms with E-state index in [-0.39, 0.29) is 11.5 Å². The number of primary amides is 1. The Morgan fingerprint density at radius 3 is 1.69 bits per heavy atom. The molecule has 0 aromatic carbocycles. The number of carboxylic acids is 1. The number of thiol groups is 2. The molecule has 0 saturated carbocycles. The highest BCUT2D eigenvalue weighted by atomic mass is 32.1. The first-order chi connectivity index (χ1) is 12.0. The first-order valence-electron chi connectivity index (χ1n) is 7.43. The number of aliphatic carboxylic acids is 1. The first kappa shape index (κ1) is 24.0. The Morgan fingerprint density at radius 2 is 1.31 bits per heavy atom. The topological polar surface area (TPSA) is 194 Å². The van der Waals surface area contributed by atoms with Crippen LogP contribution in [0.2, 0.25) is 0 Å². The molecule has 0 rings (SSSR count). The molecule has 4 unspecified atom stereocenters. The summed E-state index contributed by atoms with van der Waals surface area (Å²) in [5.41, 5.74) is 10.5. The number of carboxylic acid groups (broad SMARTS) is 1. The van der Waals surface area contributed by atoms with Gasteiger partial charge in [-0.05, 0) is 6.92 Å². The number of carbonyl (C=O) groups excluding carboxylic acids is 4. The van der Waals surface area contributed by atoms with Crippen molar-refractivity contribution in [2.75, 3.05) is 11.5 Å². The van der Waals surface area contributed by atoms with E-state index in [4.69, 9.17) is 16.6 Å². The number of rotatable bonds is 11. The minimum atomic E-state index is -1.43. The number of nitrogens with one attached hydrogen (secondary N) is 3. The van der Waals surface area contributed by atoms with E-state index in [0.717, 1.165) is 0 Å². The molecule has 26 heavy (non-hydrogen) atoms. The second-order valence-corrected chi connectivity index (χ2v) is 6.08. The molecule has 11 nitrogen and oxygen atoms in total. The number of hydrogen-bond acceptors (Lipinski definition) is 8. The lowest BCUT2D eigenvalue weighted by Crippen LogP contribution is -2.58. The fourth-order valence-electron chi connectivity index (χ4n) is 1.64. The number of amides is 4. The fourth-order valence-corrected chi connectivity index (χ4v) is 2.14. The molecule has 0 aromatic rings. The van der Waals surface area contributed by atoms with Crippen molar-refractivity contribution in [3.63, 3.8) is 0 Å². The lowest BCUT2D eigenvalue weighted by Gasteiger charge is -2.23. The van der Waals surface area contributed by atoms with Gasteiger partial charge in [0.2, 0.25) is 23.6 Å². The molecule has 0 aliphatic heterocycles. The molecule has 0 aliphatic rings. The van der Waals surface area contributed by atoms with Gasteiger partial charge in [0, 0.05) is 11.5 Å². The molecule has 0 aromatic heterocycles. The van der Waals surface area contributed by atoms with Crippen LogP contribution in [0, 0.1) is 0 Å². The summed E-state index contributed by atoms with van der Waals surface area (Å²) in [6.07, 6.45) is -0.572. The minimum Gasteiger partial charge on any atom is -0.480 e. The zero-order chi connectivity index (χ0) is 20.4. The lowest BCUT2D eigenvalue weighted by molar-refractivity contribution is -0.141. The SMILES string of the molecule is CC(N)C(=O)NC(CS)C(=O)NC(CC(N)=O)C(=O)NC(CS)C(=O)O. The molecule has 13 heteroatoms. The zero-order valence-electron chi connectivity index (χ0n) is 14.0. The number of nitrogens with two attached hydrogens (primary N) is 2. The van der Waals surface area contributed by atoms with Crippen LogP contribution in [-0.4, -0.2) is 70.4 Å². The summed E-state index contributed by atoms with van der Waals surface area (Å²) in [7, 11) is 0. The van der Waals surface area contributed by atoms with Gasteiger partial charge in [-0.25, -0.2) is 4.79 Å². The van der Waals surface area contributed by atoms with Gasteiger partial charge in [-0.3, -0.25) is 19.2 Å². The molecule has 148 valence electrons. The van der Waals surface area contributed by atoms with Gasteiger partial charge in [0.25, 0.3) is 0 Å². The third-order valence-electron chi connectivity index (χ3n) is 3.06. The zero-order valence-corrected chi connectivity index (χ0v) is 15.8. The van der Waals surface area contributed by atoms with Crippen molar-refractivity contribution in [2.24, 2.45) is 11.5 Å². The molecule has 0 spiro atoms. The van der Waals surface area contributed by atoms with E-state index in [1.807, 2.05) is 0 Å². The van der Waals surface area contributed by atoms with Gasteiger partial charge in [0.05, 0.1) is 12.5 Å². The summed E-state index contributed by atoms with van der Waals surface area (Å²) >= 11 is 7.74. The minimum absolute atomic E-state index is 0.108. The molecule has 0 aliphatic carbocycles. The summed E-state index contributed by atoms with van der Waals surface area (Å²) in [6, 6.07) is -4.75. The van der Waals surface area contributed by atoms with Crippen LogP contribution in [0.25, 0.3) is 0 Å². The van der Waals surface area contributed by atoms with Crippen molar-refractivity contribution in [3.8, 4) is 0 Å². The Labute approximate surface area is 160 Å². The number of hydrogen-bond donors (Lipinski definition) is 8. The molecular formula is C13H23N5O6S2. The highest BCUT2D eigenvalue weighted by Gasteiger charge is 2.30. The molecule has 0 heterocycles. The van der Waals surface area contributed by atoms with Crippen LogP contribution in [0.3, 0.4) is 0 Å². The highest BCUT2D eigenvalue weighted by Crippen LogP contribution is 1.99. The average Bonchev–Trinajstić information content (AvgIpc) is 2.55. The average molecular weight is 409 g/mol. The Hall–Kier alpha value is -1.99. The molecule has 4 amide bonds. The van der Waals surface area contributed by atoms with Crippen molar-refractivity contribution in [1.82, 2.24) is 16.0 Å². The highest BCUT2D eigenvalue weighted by molar-refractivity contribution is 7.80. The second kappa shape index (κ2) is 11.6. The van der Waals surface area contributed by atoms with Crippen LogP contribution < -0.4 is 27.4 Å². The summed E-state index contributed by atoms with van der Waals surface area (Å²) < 4.78 is 0. The van der Waals surface area contributed by atoms with Gasteiger partial charge >= 0.3 is 5.97 Å². The quantitative estimate of drug-likeness (QED) is 0.163. The third-order valence-corrected chi connectivity index (χ3v) is 3.79. The maximum absolute atomic E-state index is 12.2. The Bertz CT molecular complexity index is 559. The summed E-state index contributed by atoms with van der Waals surface area (Å²) in [6.45, 7) is 1.41. The van der Waals surface area contributed by atoms with Crippen molar-refractivity contribution >= 4 is 54.9 Å². The van der Waals surface area contributed by atoms with Gasteiger partial charge in [0.1, 0.15) is 18.1 Å². The molecule has 8 N–H and O–H groups in total. The number of carbonyl (C=O) groups is 5. The van der Waals surface area contributed by atoms with Crippen LogP contribution >= 0.6 is 25.3 Å². The van der Waals surface area contributed by atoms with Gasteiger partial charge in [-0.1, -0.05) is 0 Å². The van der Waals surface area contributed by atoms with Crippen molar-refractivity contribution in [2.45, 2.75) is 37.5 Å². The van der Waals surface area contributed by atoms with E-state index in [1.165, 1.54) is 6.92 Å². The fraction of sp³-hybridized carbons (Fsp3) is 0.615. The van der Waals surface area contributed by atoms with Crippen molar-refractivity contribution in [1.29, 1.82) is 0 Å². The molecule has 4 atom stereocenters. The smallest absolute Gasteiger partial charge is 0.327 e. The molecular weight excluding hydrogens is 386 g/mol. The van der Waals surface area contributed by atoms with Gasteiger partial charge < -0.3 is 32.5 Å². The maximum Gasteiger partial charge on any atom is 0.327 e. The Kier molecular flexibility index (Phi) is 10.7. The van der Waals surface area contributed by atoms with E-state index < -0.39 is 60.2 Å². The molecule has 0 fully saturated rings. The van der Waals surface area contributed by atoms with Crippen molar-refractivity contribution < 1.29 is 29.1 Å². The predicted octanol–water partition coefficient (Wildman–Crippen LogP) is -3.39. The summed E-state index contributed by atoms with van der Waals surface area (Å²) in [4.78, 5) is 58.1. The van der Waals surface area contributed by atoms with Gasteiger partial charge in [0.15, 0.2) is 0 Å². The second-order valence-electron chi connectivity index (χ2n) is 5.35. The van der Waals surface area contributed by atoms with Crippen LogP contribution in [-0.2, 0) is 24.0 Å². The van der Waals surface area contributed by atoms with Gasteiger partial charge in [-0.2, -0.15) is 25.3 Å². The van der Waals surface area contributed by atoms with E-state index >= 15 is 0 Å².